The number of rotatable bonds is 6. The Morgan fingerprint density at radius 2 is 2.07 bits per heavy atom. The van der Waals surface area contributed by atoms with Gasteiger partial charge in [0.25, 0.3) is 5.56 Å². The van der Waals surface area contributed by atoms with Crippen LogP contribution in [0.4, 0.5) is 0 Å². The lowest BCUT2D eigenvalue weighted by Gasteiger charge is -2.06. The molecule has 136 valence electrons. The summed E-state index contributed by atoms with van der Waals surface area (Å²) in [6, 6.07) is 9.73. The molecule has 0 aliphatic rings. The van der Waals surface area contributed by atoms with Gasteiger partial charge in [0, 0.05) is 48.3 Å². The Balaban J connectivity index is 1.51. The number of hydrogen-bond donors (Lipinski definition) is 2. The van der Waals surface area contributed by atoms with Crippen LogP contribution in [0.2, 0.25) is 0 Å². The molecule has 7 heteroatoms. The minimum Gasteiger partial charge on any atom is -0.309 e. The summed E-state index contributed by atoms with van der Waals surface area (Å²) >= 11 is 1.76. The van der Waals surface area contributed by atoms with Gasteiger partial charge in [0.15, 0.2) is 5.82 Å². The first-order valence-electron chi connectivity index (χ1n) is 8.61. The maximum Gasteiger partial charge on any atom is 0.280 e. The second-order valence-corrected chi connectivity index (χ2v) is 7.38. The maximum atomic E-state index is 12.7. The molecule has 27 heavy (non-hydrogen) atoms. The van der Waals surface area contributed by atoms with Crippen molar-refractivity contribution in [1.29, 1.82) is 0 Å². The van der Waals surface area contributed by atoms with E-state index >= 15 is 0 Å². The smallest absolute Gasteiger partial charge is 0.280 e. The zero-order chi connectivity index (χ0) is 18.6. The fourth-order valence-corrected chi connectivity index (χ4v) is 3.61. The van der Waals surface area contributed by atoms with Crippen LogP contribution in [0.5, 0.6) is 0 Å². The van der Waals surface area contributed by atoms with Crippen LogP contribution in [0.1, 0.15) is 16.0 Å². The van der Waals surface area contributed by atoms with E-state index in [9.17, 15) is 4.79 Å². The summed E-state index contributed by atoms with van der Waals surface area (Å²) in [5.74, 6) is 0.570. The molecule has 4 aromatic rings. The second kappa shape index (κ2) is 7.69. The summed E-state index contributed by atoms with van der Waals surface area (Å²) < 4.78 is 1.45. The lowest BCUT2D eigenvalue weighted by molar-refractivity contribution is 0.692. The van der Waals surface area contributed by atoms with Gasteiger partial charge >= 0.3 is 0 Å². The number of thiophene rings is 1. The molecule has 0 atom stereocenters. The highest BCUT2D eigenvalue weighted by Crippen LogP contribution is 2.15. The van der Waals surface area contributed by atoms with E-state index in [1.165, 1.54) is 15.1 Å². The molecule has 6 nitrogen and oxygen atoms in total. The molecule has 4 aromatic heterocycles. The Bertz CT molecular complexity index is 1100. The van der Waals surface area contributed by atoms with E-state index in [2.05, 4.69) is 38.8 Å². The zero-order valence-electron chi connectivity index (χ0n) is 14.8. The van der Waals surface area contributed by atoms with Crippen LogP contribution in [0.15, 0.2) is 65.3 Å². The van der Waals surface area contributed by atoms with E-state index in [0.717, 1.165) is 17.7 Å². The molecule has 0 aliphatic heterocycles. The van der Waals surface area contributed by atoms with Crippen LogP contribution in [-0.4, -0.2) is 19.7 Å². The van der Waals surface area contributed by atoms with Crippen LogP contribution >= 0.6 is 11.3 Å². The molecule has 0 aliphatic carbocycles. The lowest BCUT2D eigenvalue weighted by atomic mass is 10.2. The highest BCUT2D eigenvalue weighted by atomic mass is 32.1. The largest absolute Gasteiger partial charge is 0.309 e. The fraction of sp³-hybridized carbons (Fsp3) is 0.150. The molecule has 0 saturated carbocycles. The van der Waals surface area contributed by atoms with Gasteiger partial charge in [0.05, 0.1) is 5.56 Å². The van der Waals surface area contributed by atoms with Crippen molar-refractivity contribution < 1.29 is 0 Å². The monoisotopic (exact) mass is 377 g/mol. The van der Waals surface area contributed by atoms with Gasteiger partial charge in [0.2, 0.25) is 0 Å². The first-order chi connectivity index (χ1) is 13.2. The molecule has 4 heterocycles. The number of nitrogens with one attached hydrogen (secondary N) is 2. The Morgan fingerprint density at radius 3 is 2.85 bits per heavy atom. The highest BCUT2D eigenvalue weighted by molar-refractivity contribution is 7.10. The van der Waals surface area contributed by atoms with Gasteiger partial charge < -0.3 is 5.32 Å². The molecule has 4 rings (SSSR count). The van der Waals surface area contributed by atoms with Crippen molar-refractivity contribution in [3.8, 4) is 16.9 Å². The van der Waals surface area contributed by atoms with Gasteiger partial charge in [0.1, 0.15) is 0 Å². The van der Waals surface area contributed by atoms with Crippen LogP contribution in [0.3, 0.4) is 0 Å². The number of pyridine rings is 2. The van der Waals surface area contributed by atoms with Crippen molar-refractivity contribution in [3.05, 3.63) is 86.9 Å². The average Bonchev–Trinajstić information content (AvgIpc) is 3.28. The summed E-state index contributed by atoms with van der Waals surface area (Å²) in [4.78, 5) is 22.5. The highest BCUT2D eigenvalue weighted by Gasteiger charge is 2.11. The van der Waals surface area contributed by atoms with E-state index in [0.29, 0.717) is 17.9 Å². The minimum absolute atomic E-state index is 0.144. The average molecular weight is 377 g/mol. The lowest BCUT2D eigenvalue weighted by Crippen LogP contribution is -2.18. The van der Waals surface area contributed by atoms with Gasteiger partial charge in [-0.15, -0.1) is 11.3 Å². The third-order valence-electron chi connectivity index (χ3n) is 4.23. The quantitative estimate of drug-likeness (QED) is 0.541. The van der Waals surface area contributed by atoms with E-state index in [4.69, 9.17) is 0 Å². The van der Waals surface area contributed by atoms with E-state index < -0.39 is 0 Å². The summed E-state index contributed by atoms with van der Waals surface area (Å²) in [5, 5.41) is 8.59. The molecular weight excluding hydrogens is 358 g/mol. The van der Waals surface area contributed by atoms with Crippen molar-refractivity contribution in [2.45, 2.75) is 20.0 Å². The Morgan fingerprint density at radius 1 is 1.19 bits per heavy atom. The molecule has 0 amide bonds. The van der Waals surface area contributed by atoms with E-state index in [1.54, 1.807) is 36.1 Å². The number of aryl methyl sites for hydroxylation is 1. The number of aromatic amines is 1. The maximum absolute atomic E-state index is 12.7. The molecule has 0 saturated heterocycles. The van der Waals surface area contributed by atoms with Gasteiger partial charge in [-0.2, -0.15) is 0 Å². The third kappa shape index (κ3) is 3.89. The number of H-pyrrole nitrogens is 1. The van der Waals surface area contributed by atoms with Crippen molar-refractivity contribution in [2.24, 2.45) is 0 Å². The van der Waals surface area contributed by atoms with Crippen molar-refractivity contribution in [3.63, 3.8) is 0 Å². The van der Waals surface area contributed by atoms with Crippen LogP contribution in [0.25, 0.3) is 16.9 Å². The Kier molecular flexibility index (Phi) is 4.95. The molecule has 2 N–H and O–H groups in total. The molecule has 0 fully saturated rings. The van der Waals surface area contributed by atoms with Crippen LogP contribution < -0.4 is 10.9 Å². The van der Waals surface area contributed by atoms with Gasteiger partial charge in [-0.05, 0) is 47.7 Å². The van der Waals surface area contributed by atoms with Crippen LogP contribution in [0, 0.1) is 6.92 Å². The molecule has 0 bridgehead atoms. The fourth-order valence-electron chi connectivity index (χ4n) is 2.90. The van der Waals surface area contributed by atoms with Crippen LogP contribution in [-0.2, 0) is 13.1 Å². The topological polar surface area (TPSA) is 75.6 Å². The predicted molar refractivity (Wildman–Crippen MR) is 107 cm³/mol. The van der Waals surface area contributed by atoms with Crippen molar-refractivity contribution >= 4 is 11.3 Å². The minimum atomic E-state index is -0.144. The predicted octanol–water partition coefficient (Wildman–Crippen LogP) is 3.28. The zero-order valence-corrected chi connectivity index (χ0v) is 15.7. The molecule has 0 aromatic carbocycles. The standard InChI is InChI=1S/C20H19N5OS/c1-14-7-16(13-27-14)10-22-9-15-4-6-23-19(8-15)25-20(26)18(12-24-25)17-3-2-5-21-11-17/h2-8,11-13,22,24H,9-10H2,1H3. The number of hydrogen-bond acceptors (Lipinski definition) is 5. The first-order valence-corrected chi connectivity index (χ1v) is 9.49. The van der Waals surface area contributed by atoms with Crippen molar-refractivity contribution in [2.75, 3.05) is 0 Å². The van der Waals surface area contributed by atoms with Gasteiger partial charge in [-0.1, -0.05) is 6.07 Å². The molecule has 0 unspecified atom stereocenters. The summed E-state index contributed by atoms with van der Waals surface area (Å²) in [7, 11) is 0. The normalized spacial score (nSPS) is 11.0. The van der Waals surface area contributed by atoms with E-state index in [1.807, 2.05) is 24.3 Å². The molecular formula is C20H19N5OS. The SMILES string of the molecule is Cc1cc(CNCc2ccnc(-n3[nH]cc(-c4cccnc4)c3=O)c2)cs1. The number of nitrogens with zero attached hydrogens (tertiary/aromatic N) is 3. The third-order valence-corrected chi connectivity index (χ3v) is 5.14. The van der Waals surface area contributed by atoms with E-state index in [-0.39, 0.29) is 5.56 Å². The van der Waals surface area contributed by atoms with Crippen molar-refractivity contribution in [1.82, 2.24) is 25.1 Å². The Labute approximate surface area is 160 Å². The molecule has 0 spiro atoms. The number of aromatic nitrogens is 4. The second-order valence-electron chi connectivity index (χ2n) is 6.26. The van der Waals surface area contributed by atoms with Gasteiger partial charge in [-0.3, -0.25) is 14.9 Å². The first kappa shape index (κ1) is 17.4. The van der Waals surface area contributed by atoms with Gasteiger partial charge in [-0.25, -0.2) is 9.67 Å². The summed E-state index contributed by atoms with van der Waals surface area (Å²) in [5.41, 5.74) is 3.56. The molecule has 0 radical (unpaired) electrons. The Hall–Kier alpha value is -3.03. The summed E-state index contributed by atoms with van der Waals surface area (Å²) in [6.07, 6.45) is 6.77. The summed E-state index contributed by atoms with van der Waals surface area (Å²) in [6.45, 7) is 3.63.